The predicted molar refractivity (Wildman–Crippen MR) is 38.3 cm³/mol. The van der Waals surface area contributed by atoms with E-state index >= 15 is 0 Å². The minimum Gasteiger partial charge on any atom is -1.00 e. The van der Waals surface area contributed by atoms with E-state index in [2.05, 4.69) is 15.9 Å². The highest BCUT2D eigenvalue weighted by Crippen LogP contribution is 2.09. The summed E-state index contributed by atoms with van der Waals surface area (Å²) in [5.41, 5.74) is 0. The van der Waals surface area contributed by atoms with Crippen LogP contribution < -0.4 is 21.7 Å². The molecule has 1 aliphatic heterocycles. The summed E-state index contributed by atoms with van der Waals surface area (Å²) in [4.78, 5) is 0. The third-order valence-electron chi connectivity index (χ3n) is 1.67. The van der Waals surface area contributed by atoms with E-state index in [0.29, 0.717) is 13.1 Å². The van der Waals surface area contributed by atoms with Crippen molar-refractivity contribution in [1.29, 1.82) is 0 Å². The molecule has 2 rings (SSSR count). The summed E-state index contributed by atoms with van der Waals surface area (Å²) in [6.07, 6.45) is 3.74. The highest BCUT2D eigenvalue weighted by atomic mass is 79.9. The highest BCUT2D eigenvalue weighted by molar-refractivity contribution is 9.10. The van der Waals surface area contributed by atoms with Crippen molar-refractivity contribution in [3.8, 4) is 0 Å². The Hall–Kier alpha value is 0.130. The number of hydrogen-bond donors (Lipinski definition) is 1. The lowest BCUT2D eigenvalue weighted by Gasteiger charge is -1.87. The summed E-state index contributed by atoms with van der Waals surface area (Å²) >= 11 is 3.35. The number of halogens is 2. The fourth-order valence-corrected chi connectivity index (χ4v) is 1.74. The molecule has 0 unspecified atom stereocenters. The molecule has 0 amide bonds. The van der Waals surface area contributed by atoms with E-state index in [4.69, 9.17) is 0 Å². The summed E-state index contributed by atoms with van der Waals surface area (Å²) in [5, 5.41) is 9.17. The zero-order valence-corrected chi connectivity index (χ0v) is 8.92. The molecule has 3 nitrogen and oxygen atoms in total. The Morgan fingerprint density at radius 2 is 2.45 bits per heavy atom. The van der Waals surface area contributed by atoms with Gasteiger partial charge in [-0.15, -0.1) is 4.68 Å². The molecular weight excluding hydrogens is 276 g/mol. The fraction of sp³-hybridized carbons (Fsp3) is 0.500. The number of hydrogen-bond acceptors (Lipinski definition) is 1. The third-order valence-corrected chi connectivity index (χ3v) is 2.08. The summed E-state index contributed by atoms with van der Waals surface area (Å²) in [7, 11) is 0. The molecule has 0 aliphatic carbocycles. The minimum atomic E-state index is -0.201. The van der Waals surface area contributed by atoms with Gasteiger partial charge in [-0.3, -0.25) is 0 Å². The Morgan fingerprint density at radius 1 is 1.73 bits per heavy atom. The van der Waals surface area contributed by atoms with Gasteiger partial charge in [0.25, 0.3) is 0 Å². The van der Waals surface area contributed by atoms with Gasteiger partial charge in [-0.2, -0.15) is 4.68 Å². The van der Waals surface area contributed by atoms with Crippen molar-refractivity contribution in [3.05, 3.63) is 16.9 Å². The molecule has 0 bridgehead atoms. The molecule has 2 heterocycles. The lowest BCUT2D eigenvalue weighted by Crippen LogP contribution is -3.00. The van der Waals surface area contributed by atoms with Crippen molar-refractivity contribution >= 4 is 15.9 Å². The maximum absolute atomic E-state index is 9.17. The largest absolute Gasteiger partial charge is 1.00 e. The van der Waals surface area contributed by atoms with Crippen molar-refractivity contribution in [2.24, 2.45) is 0 Å². The second-order valence-electron chi connectivity index (χ2n) is 2.54. The second kappa shape index (κ2) is 3.25. The van der Waals surface area contributed by atoms with E-state index in [1.165, 1.54) is 0 Å². The molecule has 1 N–H and O–H groups in total. The number of fused-ring (bicyclic) bond motifs is 1. The van der Waals surface area contributed by atoms with E-state index < -0.39 is 0 Å². The van der Waals surface area contributed by atoms with Crippen LogP contribution in [0.4, 0.5) is 0 Å². The number of nitrogens with zero attached hydrogens (tertiary/aromatic N) is 2. The molecule has 0 radical (unpaired) electrons. The molecule has 0 saturated heterocycles. The Bertz CT molecular complexity index is 238. The summed E-state index contributed by atoms with van der Waals surface area (Å²) < 4.78 is 5.06. The van der Waals surface area contributed by atoms with Gasteiger partial charge >= 0.3 is 0 Å². The predicted octanol–water partition coefficient (Wildman–Crippen LogP) is -3.08. The van der Waals surface area contributed by atoms with Crippen LogP contribution in [0.1, 0.15) is 0 Å². The van der Waals surface area contributed by atoms with Crippen LogP contribution in [-0.4, -0.2) is 15.9 Å². The number of rotatable bonds is 0. The molecule has 1 aromatic rings. The molecule has 0 fully saturated rings. The quantitative estimate of drug-likeness (QED) is 0.503. The Labute approximate surface area is 83.5 Å². The first-order chi connectivity index (χ1) is 4.75. The highest BCUT2D eigenvalue weighted by Gasteiger charge is 2.26. The lowest BCUT2D eigenvalue weighted by atomic mass is 10.4. The average molecular weight is 284 g/mol. The van der Waals surface area contributed by atoms with E-state index in [-0.39, 0.29) is 23.1 Å². The standard InChI is InChI=1S/C6H8BrN2O.BrH/c7-5-1-8-3-6(10)4-9(8)2-5;/h1-2,6,10H,3-4H2;1H/q+1;/p-1. The lowest BCUT2D eigenvalue weighted by molar-refractivity contribution is -0.760. The van der Waals surface area contributed by atoms with Crippen molar-refractivity contribution < 1.29 is 26.8 Å². The van der Waals surface area contributed by atoms with Crippen LogP contribution in [0.25, 0.3) is 0 Å². The van der Waals surface area contributed by atoms with Gasteiger partial charge in [0.15, 0.2) is 6.54 Å². The van der Waals surface area contributed by atoms with Gasteiger partial charge < -0.3 is 22.1 Å². The van der Waals surface area contributed by atoms with Gasteiger partial charge in [-0.1, -0.05) is 0 Å². The van der Waals surface area contributed by atoms with E-state index in [9.17, 15) is 5.11 Å². The van der Waals surface area contributed by atoms with Crippen LogP contribution in [0.15, 0.2) is 16.9 Å². The van der Waals surface area contributed by atoms with Crippen molar-refractivity contribution in [1.82, 2.24) is 4.68 Å². The first-order valence-electron chi connectivity index (χ1n) is 3.19. The summed E-state index contributed by atoms with van der Waals surface area (Å²) in [6.45, 7) is 1.43. The molecular formula is C6H8Br2N2O. The topological polar surface area (TPSA) is 29.0 Å². The zero-order valence-electron chi connectivity index (χ0n) is 5.74. The monoisotopic (exact) mass is 282 g/mol. The molecule has 0 atom stereocenters. The maximum Gasteiger partial charge on any atom is 0.209 e. The number of aromatic nitrogens is 2. The summed E-state index contributed by atoms with van der Waals surface area (Å²) in [6, 6.07) is 0. The molecule has 11 heavy (non-hydrogen) atoms. The first-order valence-corrected chi connectivity index (χ1v) is 3.98. The van der Waals surface area contributed by atoms with Crippen LogP contribution >= 0.6 is 15.9 Å². The van der Waals surface area contributed by atoms with Gasteiger partial charge in [-0.05, 0) is 15.9 Å². The molecule has 1 aliphatic rings. The van der Waals surface area contributed by atoms with Crippen LogP contribution in [0.5, 0.6) is 0 Å². The molecule has 5 heteroatoms. The maximum atomic E-state index is 9.17. The fourth-order valence-electron chi connectivity index (χ4n) is 1.27. The third kappa shape index (κ3) is 1.65. The minimum absolute atomic E-state index is 0. The van der Waals surface area contributed by atoms with Gasteiger partial charge in [0.05, 0.1) is 6.20 Å². The van der Waals surface area contributed by atoms with Gasteiger partial charge in [0.2, 0.25) is 6.20 Å². The first kappa shape index (κ1) is 9.22. The SMILES string of the molecule is OC1Cn2cc(Br)c[n+]2C1.[Br-]. The van der Waals surface area contributed by atoms with Crippen LogP contribution in [0.3, 0.4) is 0 Å². The van der Waals surface area contributed by atoms with Gasteiger partial charge in [0.1, 0.15) is 17.1 Å². The van der Waals surface area contributed by atoms with Crippen molar-refractivity contribution in [3.63, 3.8) is 0 Å². The van der Waals surface area contributed by atoms with E-state index in [1.54, 1.807) is 0 Å². The van der Waals surface area contributed by atoms with E-state index in [1.807, 2.05) is 21.8 Å². The Morgan fingerprint density at radius 3 is 3.09 bits per heavy atom. The average Bonchev–Trinajstić information content (AvgIpc) is 2.21. The Kier molecular flexibility index (Phi) is 2.72. The molecule has 0 saturated carbocycles. The van der Waals surface area contributed by atoms with Crippen LogP contribution in [-0.2, 0) is 13.1 Å². The van der Waals surface area contributed by atoms with Crippen LogP contribution in [0, 0.1) is 0 Å². The zero-order chi connectivity index (χ0) is 7.14. The smallest absolute Gasteiger partial charge is 0.209 e. The molecule has 62 valence electrons. The Balaban J connectivity index is 0.000000605. The van der Waals surface area contributed by atoms with Crippen LogP contribution in [0.2, 0.25) is 0 Å². The van der Waals surface area contributed by atoms with Crippen molar-refractivity contribution in [2.45, 2.75) is 19.2 Å². The molecule has 1 aromatic heterocycles. The number of aliphatic hydroxyl groups is 1. The van der Waals surface area contributed by atoms with Gasteiger partial charge in [0, 0.05) is 0 Å². The van der Waals surface area contributed by atoms with Crippen molar-refractivity contribution in [2.75, 3.05) is 0 Å². The summed E-state index contributed by atoms with van der Waals surface area (Å²) in [5.74, 6) is 0. The molecule has 0 spiro atoms. The number of aliphatic hydroxyl groups excluding tert-OH is 1. The molecule has 0 aromatic carbocycles. The van der Waals surface area contributed by atoms with E-state index in [0.717, 1.165) is 4.47 Å². The second-order valence-corrected chi connectivity index (χ2v) is 3.46. The van der Waals surface area contributed by atoms with Gasteiger partial charge in [-0.25, -0.2) is 0 Å². The normalized spacial score (nSPS) is 21.1.